The third-order valence-electron chi connectivity index (χ3n) is 3.61. The average molecular weight is 267 g/mol. The first-order valence-corrected chi connectivity index (χ1v) is 7.03. The number of nitrogens with zero attached hydrogens (tertiary/aromatic N) is 1. The van der Waals surface area contributed by atoms with Crippen LogP contribution in [0.25, 0.3) is 0 Å². The second-order valence-corrected chi connectivity index (χ2v) is 5.64. The highest BCUT2D eigenvalue weighted by atomic mass is 32.1. The molecule has 0 bridgehead atoms. The standard InChI is InChI=1S/C13H17NO3S/c1-13(12(16)17)6-2-7-14(13)11(15)4-3-10-5-8-18-9-10/h5,8-9H,2-4,6-7H2,1H3,(H,16,17). The Morgan fingerprint density at radius 3 is 2.94 bits per heavy atom. The van der Waals surface area contributed by atoms with E-state index in [0.29, 0.717) is 25.8 Å². The molecule has 4 nitrogen and oxygen atoms in total. The van der Waals surface area contributed by atoms with E-state index in [1.54, 1.807) is 18.3 Å². The molecular weight excluding hydrogens is 250 g/mol. The van der Waals surface area contributed by atoms with Gasteiger partial charge in [-0.1, -0.05) is 0 Å². The summed E-state index contributed by atoms with van der Waals surface area (Å²) in [7, 11) is 0. The van der Waals surface area contributed by atoms with Crippen molar-refractivity contribution in [2.45, 2.75) is 38.1 Å². The number of carbonyl (C=O) groups is 2. The molecule has 1 fully saturated rings. The second-order valence-electron chi connectivity index (χ2n) is 4.86. The van der Waals surface area contributed by atoms with Crippen LogP contribution in [-0.2, 0) is 16.0 Å². The van der Waals surface area contributed by atoms with Crippen LogP contribution in [0.4, 0.5) is 0 Å². The van der Waals surface area contributed by atoms with Gasteiger partial charge in [-0.05, 0) is 48.6 Å². The molecule has 1 amide bonds. The zero-order chi connectivity index (χ0) is 13.2. The maximum atomic E-state index is 12.1. The molecule has 0 aromatic carbocycles. The van der Waals surface area contributed by atoms with E-state index < -0.39 is 11.5 Å². The lowest BCUT2D eigenvalue weighted by atomic mass is 9.99. The van der Waals surface area contributed by atoms with Gasteiger partial charge in [0.05, 0.1) is 0 Å². The molecule has 0 spiro atoms. The number of hydrogen-bond donors (Lipinski definition) is 1. The van der Waals surface area contributed by atoms with Gasteiger partial charge in [0.15, 0.2) is 0 Å². The molecule has 1 aromatic rings. The molecule has 0 saturated carbocycles. The minimum Gasteiger partial charge on any atom is -0.480 e. The molecule has 1 atom stereocenters. The number of amides is 1. The highest BCUT2D eigenvalue weighted by molar-refractivity contribution is 7.07. The van der Waals surface area contributed by atoms with Gasteiger partial charge in [0.25, 0.3) is 0 Å². The number of carboxylic acids is 1. The van der Waals surface area contributed by atoms with Crippen LogP contribution in [0.5, 0.6) is 0 Å². The van der Waals surface area contributed by atoms with Crippen LogP contribution in [0.2, 0.25) is 0 Å². The van der Waals surface area contributed by atoms with Crippen molar-refractivity contribution >= 4 is 23.2 Å². The van der Waals surface area contributed by atoms with Crippen molar-refractivity contribution < 1.29 is 14.7 Å². The lowest BCUT2D eigenvalue weighted by Gasteiger charge is -2.31. The number of carbonyl (C=O) groups excluding carboxylic acids is 1. The maximum Gasteiger partial charge on any atom is 0.329 e. The quantitative estimate of drug-likeness (QED) is 0.909. The van der Waals surface area contributed by atoms with Crippen LogP contribution in [-0.4, -0.2) is 34.0 Å². The Balaban J connectivity index is 1.98. The van der Waals surface area contributed by atoms with Crippen molar-refractivity contribution in [2.75, 3.05) is 6.54 Å². The minimum absolute atomic E-state index is 0.0522. The molecule has 5 heteroatoms. The predicted octanol–water partition coefficient (Wildman–Crippen LogP) is 2.15. The van der Waals surface area contributed by atoms with Crippen LogP contribution in [0.3, 0.4) is 0 Å². The summed E-state index contributed by atoms with van der Waals surface area (Å²) in [4.78, 5) is 24.9. The Labute approximate surface area is 110 Å². The fourth-order valence-electron chi connectivity index (χ4n) is 2.41. The highest BCUT2D eigenvalue weighted by Crippen LogP contribution is 2.30. The van der Waals surface area contributed by atoms with Gasteiger partial charge < -0.3 is 10.0 Å². The van der Waals surface area contributed by atoms with E-state index in [-0.39, 0.29) is 5.91 Å². The molecule has 1 aliphatic rings. The summed E-state index contributed by atoms with van der Waals surface area (Å²) >= 11 is 1.61. The van der Waals surface area contributed by atoms with Crippen LogP contribution >= 0.6 is 11.3 Å². The molecule has 98 valence electrons. The number of aliphatic carboxylic acids is 1. The summed E-state index contributed by atoms with van der Waals surface area (Å²) in [5, 5.41) is 13.3. The smallest absolute Gasteiger partial charge is 0.329 e. The van der Waals surface area contributed by atoms with Crippen LogP contribution < -0.4 is 0 Å². The number of thiophene rings is 1. The lowest BCUT2D eigenvalue weighted by molar-refractivity contribution is -0.155. The summed E-state index contributed by atoms with van der Waals surface area (Å²) in [6.45, 7) is 2.20. The zero-order valence-corrected chi connectivity index (χ0v) is 11.2. The minimum atomic E-state index is -1.01. The molecule has 2 heterocycles. The molecule has 1 aliphatic heterocycles. The van der Waals surface area contributed by atoms with Gasteiger partial charge in [-0.25, -0.2) is 4.79 Å². The molecule has 1 saturated heterocycles. The number of carboxylic acid groups (broad SMARTS) is 1. The van der Waals surface area contributed by atoms with Crippen molar-refractivity contribution in [1.29, 1.82) is 0 Å². The summed E-state index contributed by atoms with van der Waals surface area (Å²) in [5.74, 6) is -0.951. The summed E-state index contributed by atoms with van der Waals surface area (Å²) in [6.07, 6.45) is 2.40. The molecule has 1 aromatic heterocycles. The van der Waals surface area contributed by atoms with E-state index in [4.69, 9.17) is 0 Å². The van der Waals surface area contributed by atoms with Crippen molar-refractivity contribution in [3.63, 3.8) is 0 Å². The Morgan fingerprint density at radius 1 is 1.56 bits per heavy atom. The Bertz CT molecular complexity index is 443. The SMILES string of the molecule is CC1(C(=O)O)CCCN1C(=O)CCc1ccsc1. The van der Waals surface area contributed by atoms with E-state index >= 15 is 0 Å². The zero-order valence-electron chi connectivity index (χ0n) is 10.4. The van der Waals surface area contributed by atoms with Crippen molar-refractivity contribution in [1.82, 2.24) is 4.90 Å². The van der Waals surface area contributed by atoms with Gasteiger partial charge in [0.1, 0.15) is 5.54 Å². The topological polar surface area (TPSA) is 57.6 Å². The molecule has 0 radical (unpaired) electrons. The third-order valence-corrected chi connectivity index (χ3v) is 4.34. The van der Waals surface area contributed by atoms with Gasteiger partial charge in [-0.2, -0.15) is 11.3 Å². The molecule has 2 rings (SSSR count). The van der Waals surface area contributed by atoms with Gasteiger partial charge in [-0.3, -0.25) is 4.79 Å². The van der Waals surface area contributed by atoms with Crippen molar-refractivity contribution in [3.8, 4) is 0 Å². The average Bonchev–Trinajstić information content (AvgIpc) is 2.95. The van der Waals surface area contributed by atoms with E-state index in [1.807, 2.05) is 16.8 Å². The van der Waals surface area contributed by atoms with Crippen LogP contribution in [0, 0.1) is 0 Å². The maximum absolute atomic E-state index is 12.1. The van der Waals surface area contributed by atoms with E-state index in [1.165, 1.54) is 4.90 Å². The third kappa shape index (κ3) is 2.41. The van der Waals surface area contributed by atoms with E-state index in [9.17, 15) is 14.7 Å². The Morgan fingerprint density at radius 2 is 2.33 bits per heavy atom. The summed E-state index contributed by atoms with van der Waals surface area (Å²) < 4.78 is 0. The van der Waals surface area contributed by atoms with Gasteiger partial charge >= 0.3 is 5.97 Å². The molecule has 1 N–H and O–H groups in total. The fraction of sp³-hybridized carbons (Fsp3) is 0.538. The molecule has 1 unspecified atom stereocenters. The van der Waals surface area contributed by atoms with Crippen molar-refractivity contribution in [3.05, 3.63) is 22.4 Å². The number of aryl methyl sites for hydroxylation is 1. The van der Waals surface area contributed by atoms with Gasteiger partial charge in [-0.15, -0.1) is 0 Å². The fourth-order valence-corrected chi connectivity index (χ4v) is 3.11. The lowest BCUT2D eigenvalue weighted by Crippen LogP contribution is -2.50. The molecule has 18 heavy (non-hydrogen) atoms. The normalized spacial score (nSPS) is 23.3. The summed E-state index contributed by atoms with van der Waals surface area (Å²) in [6, 6.07) is 2.00. The molecular formula is C13H17NO3S. The van der Waals surface area contributed by atoms with Gasteiger partial charge in [0.2, 0.25) is 5.91 Å². The number of rotatable bonds is 4. The Kier molecular flexibility index (Phi) is 3.71. The van der Waals surface area contributed by atoms with E-state index in [2.05, 4.69) is 0 Å². The second kappa shape index (κ2) is 5.10. The predicted molar refractivity (Wildman–Crippen MR) is 69.6 cm³/mol. The van der Waals surface area contributed by atoms with Crippen LogP contribution in [0.1, 0.15) is 31.7 Å². The van der Waals surface area contributed by atoms with E-state index in [0.717, 1.165) is 12.0 Å². The van der Waals surface area contributed by atoms with Crippen LogP contribution in [0.15, 0.2) is 16.8 Å². The first-order valence-electron chi connectivity index (χ1n) is 6.09. The monoisotopic (exact) mass is 267 g/mol. The first-order chi connectivity index (χ1) is 8.54. The van der Waals surface area contributed by atoms with Gasteiger partial charge in [0, 0.05) is 13.0 Å². The molecule has 0 aliphatic carbocycles. The summed E-state index contributed by atoms with van der Waals surface area (Å²) in [5.41, 5.74) is 0.135. The number of hydrogen-bond acceptors (Lipinski definition) is 3. The highest BCUT2D eigenvalue weighted by Gasteiger charge is 2.45. The Hall–Kier alpha value is -1.36. The number of likely N-dealkylation sites (tertiary alicyclic amines) is 1. The largest absolute Gasteiger partial charge is 0.480 e. The first kappa shape index (κ1) is 13.1. The van der Waals surface area contributed by atoms with Crippen molar-refractivity contribution in [2.24, 2.45) is 0 Å².